The molecule has 4 atom stereocenters. The van der Waals surface area contributed by atoms with Gasteiger partial charge in [-0.05, 0) is 70.7 Å². The summed E-state index contributed by atoms with van der Waals surface area (Å²) in [7, 11) is 0. The summed E-state index contributed by atoms with van der Waals surface area (Å²) in [6, 6.07) is 46.3. The van der Waals surface area contributed by atoms with Crippen molar-refractivity contribution in [2.24, 2.45) is 17.6 Å². The molecule has 5 N–H and O–H groups in total. The maximum Gasteiger partial charge on any atom is 0.356 e. The first kappa shape index (κ1) is 46.1. The molecule has 0 aliphatic rings. The molecule has 0 fully saturated rings. The van der Waals surface area contributed by atoms with Gasteiger partial charge in [0.25, 0.3) is 0 Å². The van der Waals surface area contributed by atoms with Gasteiger partial charge in [0.05, 0.1) is 11.8 Å². The average molecular weight is 831 g/mol. The molecule has 0 saturated carbocycles. The van der Waals surface area contributed by atoms with Crippen molar-refractivity contribution in [3.63, 3.8) is 0 Å². The molecule has 6 rings (SSSR count). The molecule has 6 aromatic rings. The van der Waals surface area contributed by atoms with Crippen molar-refractivity contribution in [3.8, 4) is 22.3 Å². The minimum Gasteiger partial charge on any atom is -0.481 e. The fraction of sp³-hybridized carbons (Fsp3) is 0.229. The highest BCUT2D eigenvalue weighted by Gasteiger charge is 2.22. The molecule has 0 saturated heterocycles. The Hall–Kier alpha value is -6.56. The predicted molar refractivity (Wildman–Crippen MR) is 235 cm³/mol. The summed E-state index contributed by atoms with van der Waals surface area (Å²) < 4.78 is 6.31. The maximum absolute atomic E-state index is 12.5. The van der Waals surface area contributed by atoms with Gasteiger partial charge < -0.3 is 26.0 Å². The van der Waals surface area contributed by atoms with Crippen LogP contribution in [0.2, 0.25) is 0 Å². The number of aliphatic carboxylic acids is 1. The van der Waals surface area contributed by atoms with E-state index in [1.165, 1.54) is 29.0 Å². The smallest absolute Gasteiger partial charge is 0.356 e. The summed E-state index contributed by atoms with van der Waals surface area (Å²) in [5.74, 6) is -3.27. The number of esters is 1. The molecule has 312 valence electrons. The molecule has 0 aliphatic carbocycles. The Labute approximate surface area is 356 Å². The zero-order valence-electron chi connectivity index (χ0n) is 33.6. The summed E-state index contributed by atoms with van der Waals surface area (Å²) in [5.41, 5.74) is 13.7. The number of hydrogen-bond acceptors (Lipinski definition) is 7. The lowest BCUT2D eigenvalue weighted by Gasteiger charge is -2.21. The van der Waals surface area contributed by atoms with Crippen LogP contribution in [0.3, 0.4) is 0 Å². The van der Waals surface area contributed by atoms with Crippen molar-refractivity contribution in [1.82, 2.24) is 15.1 Å². The molecule has 0 bridgehead atoms. The van der Waals surface area contributed by atoms with Crippen LogP contribution in [-0.4, -0.2) is 56.0 Å². The Kier molecular flexibility index (Phi) is 17.8. The van der Waals surface area contributed by atoms with Crippen molar-refractivity contribution in [2.75, 3.05) is 0 Å². The normalized spacial score (nSPS) is 12.6. The minimum absolute atomic E-state index is 0. The van der Waals surface area contributed by atoms with Gasteiger partial charge in [0.1, 0.15) is 6.61 Å². The van der Waals surface area contributed by atoms with Crippen molar-refractivity contribution in [1.29, 1.82) is 0 Å². The third-order valence-electron chi connectivity index (χ3n) is 9.79. The van der Waals surface area contributed by atoms with Gasteiger partial charge in [0.15, 0.2) is 5.69 Å². The highest BCUT2D eigenvalue weighted by atomic mass is 35.5. The molecule has 0 spiro atoms. The van der Waals surface area contributed by atoms with E-state index in [-0.39, 0.29) is 42.5 Å². The molecular formula is C48H51ClN4O7. The van der Waals surface area contributed by atoms with Gasteiger partial charge in [-0.15, -0.1) is 12.4 Å². The number of amides is 1. The van der Waals surface area contributed by atoms with Crippen LogP contribution >= 0.6 is 12.4 Å². The second kappa shape index (κ2) is 23.1. The number of halogens is 1. The van der Waals surface area contributed by atoms with Gasteiger partial charge in [-0.3, -0.25) is 9.59 Å². The van der Waals surface area contributed by atoms with Crippen LogP contribution in [-0.2, 0) is 33.8 Å². The number of carbonyl (C=O) groups excluding carboxylic acids is 2. The topological polar surface area (TPSA) is 174 Å². The van der Waals surface area contributed by atoms with Gasteiger partial charge in [-0.25, -0.2) is 9.59 Å². The van der Waals surface area contributed by atoms with Crippen LogP contribution < -0.4 is 11.1 Å². The van der Waals surface area contributed by atoms with Crippen LogP contribution in [0.4, 0.5) is 4.79 Å². The molecule has 12 heteroatoms. The summed E-state index contributed by atoms with van der Waals surface area (Å²) >= 11 is 0. The number of aromatic carboxylic acids is 1. The first-order valence-electron chi connectivity index (χ1n) is 19.5. The first-order valence-corrected chi connectivity index (χ1v) is 19.5. The van der Waals surface area contributed by atoms with Crippen molar-refractivity contribution < 1.29 is 34.1 Å². The summed E-state index contributed by atoms with van der Waals surface area (Å²) in [5, 5.41) is 24.7. The molecule has 0 aliphatic heterocycles. The second-order valence-corrected chi connectivity index (χ2v) is 14.6. The number of nitrogens with zero attached hydrogens (tertiary/aromatic N) is 2. The van der Waals surface area contributed by atoms with Gasteiger partial charge in [-0.1, -0.05) is 153 Å². The van der Waals surface area contributed by atoms with E-state index in [0.29, 0.717) is 19.4 Å². The van der Waals surface area contributed by atoms with E-state index in [1.54, 1.807) is 6.92 Å². The molecule has 0 radical (unpaired) electrons. The highest BCUT2D eigenvalue weighted by molar-refractivity contribution is 5.86. The monoisotopic (exact) mass is 830 g/mol. The molecular weight excluding hydrogens is 780 g/mol. The van der Waals surface area contributed by atoms with Crippen molar-refractivity contribution in [3.05, 3.63) is 174 Å². The van der Waals surface area contributed by atoms with Crippen LogP contribution in [0.15, 0.2) is 152 Å². The van der Waals surface area contributed by atoms with E-state index in [1.807, 2.05) is 110 Å². The number of benzene rings is 5. The van der Waals surface area contributed by atoms with Crippen LogP contribution in [0, 0.1) is 11.8 Å². The minimum atomic E-state index is -1.24. The van der Waals surface area contributed by atoms with E-state index in [2.05, 4.69) is 46.8 Å². The fourth-order valence-electron chi connectivity index (χ4n) is 6.53. The van der Waals surface area contributed by atoms with Gasteiger partial charge >= 0.3 is 23.9 Å². The van der Waals surface area contributed by atoms with Crippen molar-refractivity contribution in [2.45, 2.75) is 58.2 Å². The molecule has 1 amide bonds. The van der Waals surface area contributed by atoms with Crippen LogP contribution in [0.1, 0.15) is 53.9 Å². The largest absolute Gasteiger partial charge is 0.481 e. The molecule has 60 heavy (non-hydrogen) atoms. The first-order chi connectivity index (χ1) is 28.4. The van der Waals surface area contributed by atoms with Gasteiger partial charge in [0.2, 0.25) is 0 Å². The molecule has 0 unspecified atom stereocenters. The predicted octanol–water partition coefficient (Wildman–Crippen LogP) is 8.94. The molecule has 5 aromatic carbocycles. The van der Waals surface area contributed by atoms with Crippen LogP contribution in [0.25, 0.3) is 22.3 Å². The quantitative estimate of drug-likeness (QED) is 0.0695. The summed E-state index contributed by atoms with van der Waals surface area (Å²) in [6.45, 7) is 3.77. The maximum atomic E-state index is 12.5. The number of carbonyl (C=O) groups is 4. The van der Waals surface area contributed by atoms with E-state index < -0.39 is 29.9 Å². The average Bonchev–Trinajstić information content (AvgIpc) is 3.76. The summed E-state index contributed by atoms with van der Waals surface area (Å²) in [4.78, 5) is 47.1. The number of hydrogen-bond donors (Lipinski definition) is 4. The van der Waals surface area contributed by atoms with Gasteiger partial charge in [-0.2, -0.15) is 9.78 Å². The Morgan fingerprint density at radius 3 is 1.60 bits per heavy atom. The van der Waals surface area contributed by atoms with E-state index in [4.69, 9.17) is 15.6 Å². The third-order valence-corrected chi connectivity index (χ3v) is 9.79. The Morgan fingerprint density at radius 1 is 0.633 bits per heavy atom. The lowest BCUT2D eigenvalue weighted by Crippen LogP contribution is -2.41. The number of carboxylic acids is 2. The zero-order valence-corrected chi connectivity index (χ0v) is 34.4. The van der Waals surface area contributed by atoms with E-state index >= 15 is 0 Å². The summed E-state index contributed by atoms with van der Waals surface area (Å²) in [6.07, 6.45) is 3.24. The van der Waals surface area contributed by atoms with Gasteiger partial charge in [0, 0.05) is 18.3 Å². The fourth-order valence-corrected chi connectivity index (χ4v) is 6.53. The SMILES string of the molecule is C[C@H](C[C@@H](Cc1ccc(-c2ccccc2)cc1)NC(=O)n1ccc(C(=O)O)n1)C(=O)O.C[C@H](C[C@H](N)Cc1ccc(-c2ccccc2)cc1)C(=O)OCc1ccccc1.Cl. The molecule has 1 aromatic heterocycles. The second-order valence-electron chi connectivity index (χ2n) is 14.6. The number of rotatable bonds is 16. The van der Waals surface area contributed by atoms with E-state index in [9.17, 15) is 24.3 Å². The van der Waals surface area contributed by atoms with E-state index in [0.717, 1.165) is 33.4 Å². The molecule has 1 heterocycles. The Balaban J connectivity index is 0.000000262. The van der Waals surface area contributed by atoms with Crippen LogP contribution in [0.5, 0.6) is 0 Å². The van der Waals surface area contributed by atoms with Crippen molar-refractivity contribution >= 4 is 36.3 Å². The molecule has 11 nitrogen and oxygen atoms in total. The number of nitrogens with two attached hydrogens (primary N) is 1. The Morgan fingerprint density at radius 2 is 1.12 bits per heavy atom. The Bertz CT molecular complexity index is 2250. The number of nitrogens with one attached hydrogen (secondary N) is 1. The number of carboxylic acid groups (broad SMARTS) is 2. The number of aromatic nitrogens is 2. The lowest BCUT2D eigenvalue weighted by molar-refractivity contribution is -0.149. The standard InChI is InChI=1S/C25H27NO2.C23H23N3O5.ClH/c1-19(25(27)28-18-21-8-4-2-5-9-21)16-24(26)17-20-12-14-23(15-13-20)22-10-6-3-7-11-22;1-15(21(27)28)13-19(24-23(31)26-12-11-20(25-26)22(29)30)14-16-7-9-18(10-8-16)17-5-3-2-4-6-17;/h2-15,19,24H,16-18,26H2,1H3;2-12,15,19H,13-14H2,1H3,(H,24,31)(H,27,28)(H,29,30);1H/t19-,24+;15-,19+;/m11./s1. The number of ether oxygens (including phenoxy) is 1. The third kappa shape index (κ3) is 14.4. The highest BCUT2D eigenvalue weighted by Crippen LogP contribution is 2.22. The lowest BCUT2D eigenvalue weighted by atomic mass is 9.95. The zero-order chi connectivity index (χ0) is 42.1.